The van der Waals surface area contributed by atoms with Crippen LogP contribution in [0.3, 0.4) is 0 Å². The first-order chi connectivity index (χ1) is 13.5. The van der Waals surface area contributed by atoms with Crippen LogP contribution in [0.25, 0.3) is 0 Å². The minimum absolute atomic E-state index is 0.236. The molecule has 1 heterocycles. The zero-order valence-corrected chi connectivity index (χ0v) is 17.5. The fourth-order valence-electron chi connectivity index (χ4n) is 3.63. The smallest absolute Gasteiger partial charge is 0.122 e. The van der Waals surface area contributed by atoms with Crippen LogP contribution in [0.2, 0.25) is 5.02 Å². The number of ether oxygens (including phenoxy) is 2. The first kappa shape index (κ1) is 21.1. The summed E-state index contributed by atoms with van der Waals surface area (Å²) in [5, 5.41) is 11.3. The highest BCUT2D eigenvalue weighted by molar-refractivity contribution is 6.30. The van der Waals surface area contributed by atoms with Gasteiger partial charge in [0.15, 0.2) is 0 Å². The maximum absolute atomic E-state index is 10.6. The van der Waals surface area contributed by atoms with Crippen LogP contribution in [0.4, 0.5) is 0 Å². The van der Waals surface area contributed by atoms with Gasteiger partial charge in [-0.2, -0.15) is 0 Å². The predicted octanol–water partition coefficient (Wildman–Crippen LogP) is 4.38. The second-order valence-corrected chi connectivity index (χ2v) is 8.13. The fraction of sp³-hybridized carbons (Fsp3) is 0.478. The third-order valence-electron chi connectivity index (χ3n) is 5.04. The van der Waals surface area contributed by atoms with Gasteiger partial charge in [0.2, 0.25) is 0 Å². The quantitative estimate of drug-likeness (QED) is 0.674. The highest BCUT2D eigenvalue weighted by atomic mass is 35.5. The van der Waals surface area contributed by atoms with Crippen LogP contribution >= 0.6 is 11.6 Å². The summed E-state index contributed by atoms with van der Waals surface area (Å²) in [6, 6.07) is 14.0. The van der Waals surface area contributed by atoms with Crippen molar-refractivity contribution >= 4 is 11.6 Å². The number of hydrogen-bond donors (Lipinski definition) is 1. The van der Waals surface area contributed by atoms with Crippen molar-refractivity contribution in [1.82, 2.24) is 4.90 Å². The SMILES string of the molecule is Cc1ccc(OCC(O)CN(Cc2ccc(Cl)cc2)CC2CCCO2)c(C)c1. The minimum atomic E-state index is -0.575. The Kier molecular flexibility index (Phi) is 7.74. The first-order valence-electron chi connectivity index (χ1n) is 9.96. The maximum atomic E-state index is 10.6. The molecule has 1 aliphatic heterocycles. The van der Waals surface area contributed by atoms with Crippen LogP contribution in [-0.4, -0.2) is 48.5 Å². The molecule has 0 radical (unpaired) electrons. The number of halogens is 1. The van der Waals surface area contributed by atoms with Crippen molar-refractivity contribution in [3.05, 3.63) is 64.2 Å². The van der Waals surface area contributed by atoms with Crippen molar-refractivity contribution in [3.8, 4) is 5.75 Å². The van der Waals surface area contributed by atoms with Crippen molar-refractivity contribution < 1.29 is 14.6 Å². The highest BCUT2D eigenvalue weighted by Crippen LogP contribution is 2.20. The van der Waals surface area contributed by atoms with E-state index in [1.807, 2.05) is 43.3 Å². The highest BCUT2D eigenvalue weighted by Gasteiger charge is 2.21. The molecule has 0 bridgehead atoms. The Morgan fingerprint density at radius 3 is 2.68 bits per heavy atom. The molecule has 0 spiro atoms. The topological polar surface area (TPSA) is 41.9 Å². The lowest BCUT2D eigenvalue weighted by molar-refractivity contribution is 0.0313. The Hall–Kier alpha value is -1.59. The molecule has 0 saturated carbocycles. The summed E-state index contributed by atoms with van der Waals surface area (Å²) >= 11 is 6.00. The van der Waals surface area contributed by atoms with E-state index >= 15 is 0 Å². The van der Waals surface area contributed by atoms with E-state index in [1.54, 1.807) is 0 Å². The van der Waals surface area contributed by atoms with Gasteiger partial charge in [0.05, 0.1) is 6.10 Å². The molecule has 5 heteroatoms. The number of aliphatic hydroxyl groups excluding tert-OH is 1. The second-order valence-electron chi connectivity index (χ2n) is 7.69. The molecular formula is C23H30ClNO3. The Bertz CT molecular complexity index is 744. The van der Waals surface area contributed by atoms with Gasteiger partial charge in [0.1, 0.15) is 18.5 Å². The summed E-state index contributed by atoms with van der Waals surface area (Å²) in [4.78, 5) is 2.25. The number of nitrogens with zero attached hydrogens (tertiary/aromatic N) is 1. The number of rotatable bonds is 9. The van der Waals surface area contributed by atoms with Crippen LogP contribution in [0.1, 0.15) is 29.5 Å². The van der Waals surface area contributed by atoms with Crippen molar-refractivity contribution in [2.75, 3.05) is 26.3 Å². The van der Waals surface area contributed by atoms with Gasteiger partial charge < -0.3 is 14.6 Å². The molecule has 4 nitrogen and oxygen atoms in total. The summed E-state index contributed by atoms with van der Waals surface area (Å²) in [5.74, 6) is 0.827. The molecule has 2 unspecified atom stereocenters. The molecule has 1 saturated heterocycles. The molecule has 1 fully saturated rings. The molecular weight excluding hydrogens is 374 g/mol. The molecule has 1 N–H and O–H groups in total. The summed E-state index contributed by atoms with van der Waals surface area (Å²) in [6.45, 7) is 7.28. The van der Waals surface area contributed by atoms with E-state index in [2.05, 4.69) is 17.9 Å². The van der Waals surface area contributed by atoms with Crippen LogP contribution in [0, 0.1) is 13.8 Å². The summed E-state index contributed by atoms with van der Waals surface area (Å²) in [5.41, 5.74) is 3.46. The third kappa shape index (κ3) is 6.49. The first-order valence-corrected chi connectivity index (χ1v) is 10.3. The van der Waals surface area contributed by atoms with E-state index in [9.17, 15) is 5.11 Å². The van der Waals surface area contributed by atoms with Crippen LogP contribution in [0.15, 0.2) is 42.5 Å². The second kappa shape index (κ2) is 10.3. The number of benzene rings is 2. The minimum Gasteiger partial charge on any atom is -0.491 e. The largest absolute Gasteiger partial charge is 0.491 e. The molecule has 2 aromatic rings. The zero-order valence-electron chi connectivity index (χ0n) is 16.7. The number of aryl methyl sites for hydroxylation is 2. The Morgan fingerprint density at radius 2 is 2.00 bits per heavy atom. The average molecular weight is 404 g/mol. The van der Waals surface area contributed by atoms with Gasteiger partial charge in [0.25, 0.3) is 0 Å². The molecule has 0 amide bonds. The molecule has 28 heavy (non-hydrogen) atoms. The van der Waals surface area contributed by atoms with Crippen molar-refractivity contribution in [2.24, 2.45) is 0 Å². The molecule has 1 aliphatic rings. The van der Waals surface area contributed by atoms with Gasteiger partial charge in [-0.15, -0.1) is 0 Å². The van der Waals surface area contributed by atoms with Crippen molar-refractivity contribution in [2.45, 2.75) is 45.4 Å². The zero-order chi connectivity index (χ0) is 19.9. The Morgan fingerprint density at radius 1 is 1.21 bits per heavy atom. The molecule has 0 aliphatic carbocycles. The van der Waals surface area contributed by atoms with E-state index in [4.69, 9.17) is 21.1 Å². The van der Waals surface area contributed by atoms with E-state index < -0.39 is 6.10 Å². The molecule has 152 valence electrons. The monoisotopic (exact) mass is 403 g/mol. The Labute approximate surface area is 173 Å². The van der Waals surface area contributed by atoms with Gasteiger partial charge in [-0.3, -0.25) is 4.90 Å². The lowest BCUT2D eigenvalue weighted by Gasteiger charge is -2.27. The molecule has 2 aromatic carbocycles. The van der Waals surface area contributed by atoms with Crippen molar-refractivity contribution in [1.29, 1.82) is 0 Å². The van der Waals surface area contributed by atoms with Crippen LogP contribution in [0.5, 0.6) is 5.75 Å². The summed E-state index contributed by atoms with van der Waals surface area (Å²) < 4.78 is 11.7. The summed E-state index contributed by atoms with van der Waals surface area (Å²) in [7, 11) is 0. The number of hydrogen-bond acceptors (Lipinski definition) is 4. The third-order valence-corrected chi connectivity index (χ3v) is 5.29. The van der Waals surface area contributed by atoms with Crippen LogP contribution in [-0.2, 0) is 11.3 Å². The normalized spacial score (nSPS) is 17.8. The lowest BCUT2D eigenvalue weighted by Crippen LogP contribution is -2.39. The van der Waals surface area contributed by atoms with Gasteiger partial charge in [-0.05, 0) is 56.0 Å². The van der Waals surface area contributed by atoms with E-state index in [-0.39, 0.29) is 12.7 Å². The van der Waals surface area contributed by atoms with E-state index in [0.29, 0.717) is 6.54 Å². The van der Waals surface area contributed by atoms with Crippen molar-refractivity contribution in [3.63, 3.8) is 0 Å². The van der Waals surface area contributed by atoms with Gasteiger partial charge in [-0.1, -0.05) is 41.4 Å². The molecule has 0 aromatic heterocycles. The summed E-state index contributed by atoms with van der Waals surface area (Å²) in [6.07, 6.45) is 1.85. The van der Waals surface area contributed by atoms with Gasteiger partial charge >= 0.3 is 0 Å². The van der Waals surface area contributed by atoms with Gasteiger partial charge in [0, 0.05) is 31.3 Å². The van der Waals surface area contributed by atoms with Crippen LogP contribution < -0.4 is 4.74 Å². The standard InChI is InChI=1S/C23H30ClNO3/c1-17-5-10-23(18(2)12-17)28-16-21(26)14-25(15-22-4-3-11-27-22)13-19-6-8-20(24)9-7-19/h5-10,12,21-22,26H,3-4,11,13-16H2,1-2H3. The van der Waals surface area contributed by atoms with E-state index in [1.165, 1.54) is 11.1 Å². The lowest BCUT2D eigenvalue weighted by atomic mass is 10.1. The van der Waals surface area contributed by atoms with Gasteiger partial charge in [-0.25, -0.2) is 0 Å². The number of aliphatic hydroxyl groups is 1. The Balaban J connectivity index is 1.57. The molecule has 2 atom stereocenters. The predicted molar refractivity (Wildman–Crippen MR) is 113 cm³/mol. The van der Waals surface area contributed by atoms with E-state index in [0.717, 1.165) is 48.9 Å². The average Bonchev–Trinajstić information content (AvgIpc) is 3.16. The maximum Gasteiger partial charge on any atom is 0.122 e. The molecule has 3 rings (SSSR count). The fourth-order valence-corrected chi connectivity index (χ4v) is 3.75.